The van der Waals surface area contributed by atoms with Crippen molar-refractivity contribution in [3.63, 3.8) is 0 Å². The molecule has 0 aromatic heterocycles. The molecule has 0 unspecified atom stereocenters. The van der Waals surface area contributed by atoms with Crippen LogP contribution < -0.4 is 0 Å². The van der Waals surface area contributed by atoms with Crippen LogP contribution in [0.1, 0.15) is 38.7 Å². The lowest BCUT2D eigenvalue weighted by atomic mass is 9.98. The molecule has 0 radical (unpaired) electrons. The molecule has 108 valence electrons. The summed E-state index contributed by atoms with van der Waals surface area (Å²) < 4.78 is 12.0. The highest BCUT2D eigenvalue weighted by Gasteiger charge is 2.44. The van der Waals surface area contributed by atoms with Crippen molar-refractivity contribution in [2.24, 2.45) is 4.99 Å². The quantitative estimate of drug-likeness (QED) is 0.928. The molecule has 1 N–H and O–H groups in total. The van der Waals surface area contributed by atoms with Gasteiger partial charge in [0.25, 0.3) is 5.91 Å². The molecule has 3 nitrogen and oxygen atoms in total. The van der Waals surface area contributed by atoms with Crippen LogP contribution in [0.2, 0.25) is 0 Å². The largest absolute Gasteiger partial charge is 0.391 e. The highest BCUT2D eigenvalue weighted by Crippen LogP contribution is 2.39. The molecule has 5 heteroatoms. The van der Waals surface area contributed by atoms with E-state index in [0.717, 1.165) is 10.6 Å². The summed E-state index contributed by atoms with van der Waals surface area (Å²) in [5, 5.41) is 10.5. The molecule has 1 aromatic rings. The Kier molecular flexibility index (Phi) is 4.30. The molecule has 20 heavy (non-hydrogen) atoms. The van der Waals surface area contributed by atoms with E-state index >= 15 is 0 Å². The van der Waals surface area contributed by atoms with Crippen molar-refractivity contribution in [2.75, 3.05) is 0 Å². The van der Waals surface area contributed by atoms with E-state index in [9.17, 15) is 14.3 Å². The maximum Gasteiger partial charge on any atom is 0.265 e. The smallest absolute Gasteiger partial charge is 0.265 e. The Morgan fingerprint density at radius 1 is 1.35 bits per heavy atom. The molecule has 0 spiro atoms. The van der Waals surface area contributed by atoms with Gasteiger partial charge in [-0.2, -0.15) is 0 Å². The third-order valence-electron chi connectivity index (χ3n) is 3.70. The van der Waals surface area contributed by atoms with Crippen molar-refractivity contribution in [1.82, 2.24) is 0 Å². The van der Waals surface area contributed by atoms with E-state index in [1.807, 2.05) is 6.92 Å². The summed E-state index contributed by atoms with van der Waals surface area (Å²) in [6, 6.07) is 6.35. The molecule has 1 aliphatic heterocycles. The number of hydrogen-bond acceptors (Lipinski definition) is 3. The highest BCUT2D eigenvalue weighted by atomic mass is 32.2. The van der Waals surface area contributed by atoms with Crippen LogP contribution in [-0.4, -0.2) is 26.9 Å². The minimum absolute atomic E-state index is 0.144. The number of halogens is 1. The van der Waals surface area contributed by atoms with Crippen LogP contribution in [0.5, 0.6) is 0 Å². The zero-order valence-electron chi connectivity index (χ0n) is 11.8. The van der Waals surface area contributed by atoms with Gasteiger partial charge in [-0.25, -0.2) is 9.38 Å². The Bertz CT molecular complexity index is 541. The number of aliphatic hydroxyl groups excluding tert-OH is 1. The van der Waals surface area contributed by atoms with Gasteiger partial charge in [0.15, 0.2) is 0 Å². The molecular weight excluding hydrogens is 277 g/mol. The number of benzene rings is 1. The standard InChI is InChI=1S/C15H18FNO2S/c1-9(11-4-6-12(16)7-5-11)8-13-17-14(19)15(3,20-13)10(2)18/h4-7,9-10,18H,8H2,1-3H3/t9-,10-,15-/m1/s1. The van der Waals surface area contributed by atoms with Gasteiger partial charge in [0.2, 0.25) is 0 Å². The molecule has 3 atom stereocenters. The summed E-state index contributed by atoms with van der Waals surface area (Å²) in [4.78, 5) is 15.9. The first-order valence-electron chi connectivity index (χ1n) is 6.57. The van der Waals surface area contributed by atoms with Crippen LogP contribution >= 0.6 is 11.8 Å². The second kappa shape index (κ2) is 5.66. The van der Waals surface area contributed by atoms with Crippen LogP contribution in [-0.2, 0) is 4.79 Å². The number of carbonyl (C=O) groups is 1. The van der Waals surface area contributed by atoms with Crippen LogP contribution in [0, 0.1) is 5.82 Å². The number of rotatable bonds is 4. The number of nitrogens with zero attached hydrogens (tertiary/aromatic N) is 1. The van der Waals surface area contributed by atoms with E-state index in [4.69, 9.17) is 0 Å². The van der Waals surface area contributed by atoms with Gasteiger partial charge in [0.1, 0.15) is 10.6 Å². The predicted molar refractivity (Wildman–Crippen MR) is 79.6 cm³/mol. The van der Waals surface area contributed by atoms with Crippen molar-refractivity contribution in [3.05, 3.63) is 35.6 Å². The van der Waals surface area contributed by atoms with Crippen molar-refractivity contribution in [2.45, 2.75) is 44.0 Å². The normalized spacial score (nSPS) is 25.4. The molecule has 0 fully saturated rings. The van der Waals surface area contributed by atoms with Crippen molar-refractivity contribution in [1.29, 1.82) is 0 Å². The third kappa shape index (κ3) is 2.94. The first-order chi connectivity index (χ1) is 9.33. The summed E-state index contributed by atoms with van der Waals surface area (Å²) in [5.41, 5.74) is 1.01. The topological polar surface area (TPSA) is 49.7 Å². The Labute approximate surface area is 122 Å². The molecule has 1 heterocycles. The van der Waals surface area contributed by atoms with Crippen molar-refractivity contribution in [3.8, 4) is 0 Å². The fourth-order valence-corrected chi connectivity index (χ4v) is 3.31. The minimum Gasteiger partial charge on any atom is -0.391 e. The lowest BCUT2D eigenvalue weighted by molar-refractivity contribution is -0.121. The molecular formula is C15H18FNO2S. The number of aliphatic hydroxyl groups is 1. The Morgan fingerprint density at radius 3 is 2.45 bits per heavy atom. The zero-order chi connectivity index (χ0) is 14.9. The predicted octanol–water partition coefficient (Wildman–Crippen LogP) is 3.13. The summed E-state index contributed by atoms with van der Waals surface area (Å²) in [7, 11) is 0. The first-order valence-corrected chi connectivity index (χ1v) is 7.39. The second-order valence-corrected chi connectivity index (χ2v) is 6.88. The molecule has 0 saturated carbocycles. The Morgan fingerprint density at radius 2 is 1.95 bits per heavy atom. The van der Waals surface area contributed by atoms with E-state index in [-0.39, 0.29) is 17.6 Å². The lowest BCUT2D eigenvalue weighted by Crippen LogP contribution is -2.38. The minimum atomic E-state index is -0.877. The van der Waals surface area contributed by atoms with Crippen molar-refractivity contribution < 1.29 is 14.3 Å². The van der Waals surface area contributed by atoms with E-state index < -0.39 is 10.9 Å². The average molecular weight is 295 g/mol. The molecule has 1 amide bonds. The lowest BCUT2D eigenvalue weighted by Gasteiger charge is -2.23. The highest BCUT2D eigenvalue weighted by molar-refractivity contribution is 8.16. The molecule has 1 aliphatic rings. The third-order valence-corrected chi connectivity index (χ3v) is 5.13. The number of hydrogen-bond donors (Lipinski definition) is 1. The maximum atomic E-state index is 12.9. The van der Waals surface area contributed by atoms with E-state index in [1.54, 1.807) is 26.0 Å². The summed E-state index contributed by atoms with van der Waals surface area (Å²) in [6.45, 7) is 5.33. The van der Waals surface area contributed by atoms with E-state index in [2.05, 4.69) is 4.99 Å². The monoisotopic (exact) mass is 295 g/mol. The van der Waals surface area contributed by atoms with Crippen LogP contribution in [0.3, 0.4) is 0 Å². The van der Waals surface area contributed by atoms with Gasteiger partial charge in [0.05, 0.1) is 11.1 Å². The fourth-order valence-electron chi connectivity index (χ4n) is 2.06. The first kappa shape index (κ1) is 15.2. The molecule has 0 saturated heterocycles. The number of carbonyl (C=O) groups excluding carboxylic acids is 1. The van der Waals surface area contributed by atoms with Gasteiger partial charge in [0, 0.05) is 6.42 Å². The molecule has 0 bridgehead atoms. The van der Waals surface area contributed by atoms with Gasteiger partial charge < -0.3 is 5.11 Å². The van der Waals surface area contributed by atoms with E-state index in [0.29, 0.717) is 6.42 Å². The Balaban J connectivity index is 2.06. The Hall–Kier alpha value is -1.20. The van der Waals surface area contributed by atoms with Gasteiger partial charge in [-0.05, 0) is 37.5 Å². The number of amides is 1. The van der Waals surface area contributed by atoms with Gasteiger partial charge in [-0.1, -0.05) is 30.8 Å². The van der Waals surface area contributed by atoms with Gasteiger partial charge >= 0.3 is 0 Å². The fraction of sp³-hybridized carbons (Fsp3) is 0.467. The SMILES string of the molecule is C[C@H](CC1=NC(=O)[C@@](C)([C@@H](C)O)S1)c1ccc(F)cc1. The van der Waals surface area contributed by atoms with Gasteiger partial charge in [-0.3, -0.25) is 4.79 Å². The van der Waals surface area contributed by atoms with Gasteiger partial charge in [-0.15, -0.1) is 0 Å². The zero-order valence-corrected chi connectivity index (χ0v) is 12.6. The van der Waals surface area contributed by atoms with E-state index in [1.165, 1.54) is 23.9 Å². The average Bonchev–Trinajstić information content (AvgIpc) is 2.66. The second-order valence-electron chi connectivity index (χ2n) is 5.35. The summed E-state index contributed by atoms with van der Waals surface area (Å²) in [5.74, 6) is -0.393. The number of aliphatic imine (C=N–C) groups is 1. The van der Waals surface area contributed by atoms with Crippen LogP contribution in [0.25, 0.3) is 0 Å². The molecule has 1 aromatic carbocycles. The van der Waals surface area contributed by atoms with Crippen LogP contribution in [0.4, 0.5) is 4.39 Å². The summed E-state index contributed by atoms with van der Waals surface area (Å²) >= 11 is 1.33. The maximum absolute atomic E-state index is 12.9. The van der Waals surface area contributed by atoms with Crippen LogP contribution in [0.15, 0.2) is 29.3 Å². The number of thioether (sulfide) groups is 1. The molecule has 0 aliphatic carbocycles. The summed E-state index contributed by atoms with van der Waals surface area (Å²) in [6.07, 6.45) is -0.132. The molecule has 2 rings (SSSR count). The van der Waals surface area contributed by atoms with Crippen molar-refractivity contribution >= 4 is 22.7 Å².